The van der Waals surface area contributed by atoms with Crippen molar-refractivity contribution in [1.29, 1.82) is 0 Å². The maximum Gasteiger partial charge on any atom is 0.472 e. The molecule has 0 rings (SSSR count). The molecule has 0 aliphatic heterocycles. The number of esters is 3. The SMILES string of the molecule is CC/C=C\C/C=C\C/C=C\C/C=C\C/C=C\CC(=O)OCC(COP(=O)(O)OCC(CO)OC(=O)CCCCCCCCC/C=C\C/C=C\C/C=C\CC)OC(=O)CCCCCCCCCCC/C=C\CCCCCCCC. The van der Waals surface area contributed by atoms with Crippen molar-refractivity contribution in [3.05, 3.63) is 109 Å². The van der Waals surface area contributed by atoms with E-state index in [2.05, 4.69) is 112 Å². The van der Waals surface area contributed by atoms with Crippen LogP contribution in [0.4, 0.5) is 0 Å². The minimum absolute atomic E-state index is 0.0102. The molecule has 11 nitrogen and oxygen atoms in total. The van der Waals surface area contributed by atoms with Gasteiger partial charge in [-0.15, -0.1) is 0 Å². The van der Waals surface area contributed by atoms with Gasteiger partial charge in [-0.2, -0.15) is 0 Å². The zero-order valence-electron chi connectivity index (χ0n) is 49.3. The maximum absolute atomic E-state index is 12.9. The van der Waals surface area contributed by atoms with E-state index in [0.29, 0.717) is 19.3 Å². The Kier molecular flexibility index (Phi) is 56.3. The Bertz CT molecular complexity index is 1720. The molecule has 0 aromatic rings. The van der Waals surface area contributed by atoms with E-state index in [1.807, 2.05) is 12.2 Å². The molecule has 3 atom stereocenters. The van der Waals surface area contributed by atoms with E-state index in [1.165, 1.54) is 89.9 Å². The van der Waals surface area contributed by atoms with Gasteiger partial charge in [0.25, 0.3) is 0 Å². The molecule has 2 N–H and O–H groups in total. The number of aliphatic hydroxyl groups excluding tert-OH is 1. The summed E-state index contributed by atoms with van der Waals surface area (Å²) in [5.74, 6) is -1.63. The largest absolute Gasteiger partial charge is 0.472 e. The lowest BCUT2D eigenvalue weighted by atomic mass is 10.1. The van der Waals surface area contributed by atoms with Crippen molar-refractivity contribution in [1.82, 2.24) is 0 Å². The standard InChI is InChI=1S/C66H111O11P/c1-4-7-10-13-16-19-22-25-28-30-31-33-36-39-42-45-48-51-54-57-66(70)77-63(59-73-64(68)55-52-49-46-43-40-37-34-27-24-21-18-15-12-9-6-3)61-75-78(71,72)74-60-62(58-67)76-65(69)56-53-50-47-44-41-38-35-32-29-26-23-20-17-14-11-8-5-2/h8-9,11-12,17-18,20-21,25-29,34,40,43,49,52,62-63,67H,4-7,10,13-16,19,22-24,30-33,35-39,41-42,44-48,50-51,53-61H2,1-3H3,(H,71,72)/b11-8-,12-9-,20-17-,21-18-,28-25-,29-26-,34-27-,43-40-,52-49-. The number of allylic oxidation sites excluding steroid dienone is 17. The second-order valence-electron chi connectivity index (χ2n) is 20.1. The number of phosphoric acid groups is 1. The average Bonchev–Trinajstić information content (AvgIpc) is 3.43. The number of ether oxygens (including phenoxy) is 3. The first-order valence-electron chi connectivity index (χ1n) is 30.8. The number of carbonyl (C=O) groups is 3. The summed E-state index contributed by atoms with van der Waals surface area (Å²) >= 11 is 0. The normalized spacial score (nSPS) is 14.1. The van der Waals surface area contributed by atoms with Crippen LogP contribution in [-0.4, -0.2) is 66.5 Å². The Hall–Kier alpha value is -3.86. The van der Waals surface area contributed by atoms with E-state index in [4.69, 9.17) is 23.3 Å². The summed E-state index contributed by atoms with van der Waals surface area (Å²) in [6.45, 7) is 4.31. The van der Waals surface area contributed by atoms with Crippen molar-refractivity contribution >= 4 is 25.7 Å². The van der Waals surface area contributed by atoms with Gasteiger partial charge in [0, 0.05) is 12.8 Å². The predicted molar refractivity (Wildman–Crippen MR) is 325 cm³/mol. The van der Waals surface area contributed by atoms with E-state index in [-0.39, 0.29) is 19.3 Å². The summed E-state index contributed by atoms with van der Waals surface area (Å²) < 4.78 is 39.5. The highest BCUT2D eigenvalue weighted by molar-refractivity contribution is 7.47. The third kappa shape index (κ3) is 56.8. The predicted octanol–water partition coefficient (Wildman–Crippen LogP) is 18.6. The van der Waals surface area contributed by atoms with Gasteiger partial charge in [0.1, 0.15) is 12.7 Å². The van der Waals surface area contributed by atoms with Gasteiger partial charge in [-0.25, -0.2) is 4.57 Å². The van der Waals surface area contributed by atoms with E-state index in [1.54, 1.807) is 6.08 Å². The van der Waals surface area contributed by atoms with E-state index in [9.17, 15) is 28.9 Å². The smallest absolute Gasteiger partial charge is 0.461 e. The first-order valence-corrected chi connectivity index (χ1v) is 32.3. The third-order valence-corrected chi connectivity index (χ3v) is 13.6. The molecule has 0 radical (unpaired) electrons. The van der Waals surface area contributed by atoms with Crippen molar-refractivity contribution in [2.45, 2.75) is 264 Å². The highest BCUT2D eigenvalue weighted by atomic mass is 31.2. The Morgan fingerprint density at radius 3 is 1.10 bits per heavy atom. The molecule has 0 amide bonds. The van der Waals surface area contributed by atoms with Crippen LogP contribution >= 0.6 is 7.82 Å². The maximum atomic E-state index is 12.9. The first kappa shape index (κ1) is 74.1. The second kappa shape index (κ2) is 59.3. The highest BCUT2D eigenvalue weighted by Gasteiger charge is 2.28. The molecule has 0 saturated heterocycles. The minimum Gasteiger partial charge on any atom is -0.461 e. The Morgan fingerprint density at radius 1 is 0.385 bits per heavy atom. The third-order valence-electron chi connectivity index (χ3n) is 12.7. The fraction of sp³-hybridized carbons (Fsp3) is 0.682. The number of hydrogen-bond donors (Lipinski definition) is 2. The number of aliphatic hydroxyl groups is 1. The zero-order valence-corrected chi connectivity index (χ0v) is 50.2. The Morgan fingerprint density at radius 2 is 0.705 bits per heavy atom. The van der Waals surface area contributed by atoms with Crippen LogP contribution < -0.4 is 0 Å². The Labute approximate surface area is 475 Å². The number of rotatable bonds is 56. The molecule has 0 saturated carbocycles. The molecule has 0 fully saturated rings. The fourth-order valence-electron chi connectivity index (χ4n) is 8.09. The molecule has 3 unspecified atom stereocenters. The molecule has 0 spiro atoms. The van der Waals surface area contributed by atoms with Gasteiger partial charge in [0.2, 0.25) is 0 Å². The van der Waals surface area contributed by atoms with Crippen molar-refractivity contribution in [2.75, 3.05) is 26.4 Å². The van der Waals surface area contributed by atoms with E-state index >= 15 is 0 Å². The van der Waals surface area contributed by atoms with Gasteiger partial charge in [-0.3, -0.25) is 23.4 Å². The fourth-order valence-corrected chi connectivity index (χ4v) is 8.87. The molecule has 0 heterocycles. The van der Waals surface area contributed by atoms with Gasteiger partial charge in [-0.05, 0) is 103 Å². The molecule has 0 aliphatic carbocycles. The number of carbonyl (C=O) groups excluding carboxylic acids is 3. The van der Waals surface area contributed by atoms with Gasteiger partial charge in [-0.1, -0.05) is 239 Å². The summed E-state index contributed by atoms with van der Waals surface area (Å²) in [6, 6.07) is 0. The lowest BCUT2D eigenvalue weighted by molar-refractivity contribution is -0.161. The average molecular weight is 1110 g/mol. The lowest BCUT2D eigenvalue weighted by Crippen LogP contribution is -2.30. The van der Waals surface area contributed by atoms with Gasteiger partial charge in [0.05, 0.1) is 26.2 Å². The lowest BCUT2D eigenvalue weighted by Gasteiger charge is -2.21. The molecular weight excluding hydrogens is 1000 g/mol. The van der Waals surface area contributed by atoms with Crippen LogP contribution in [0.1, 0.15) is 252 Å². The molecular formula is C66H111O11P. The van der Waals surface area contributed by atoms with Crippen LogP contribution in [0.5, 0.6) is 0 Å². The summed E-state index contributed by atoms with van der Waals surface area (Å²) in [5, 5.41) is 9.84. The summed E-state index contributed by atoms with van der Waals surface area (Å²) in [6.07, 6.45) is 72.1. The first-order chi connectivity index (χ1) is 38.2. The van der Waals surface area contributed by atoms with Crippen LogP contribution in [0.3, 0.4) is 0 Å². The molecule has 0 aromatic heterocycles. The van der Waals surface area contributed by atoms with Crippen molar-refractivity contribution in [3.63, 3.8) is 0 Å². The van der Waals surface area contributed by atoms with Gasteiger partial charge >= 0.3 is 25.7 Å². The van der Waals surface area contributed by atoms with Crippen LogP contribution in [0.25, 0.3) is 0 Å². The quantitative estimate of drug-likeness (QED) is 0.0197. The van der Waals surface area contributed by atoms with Gasteiger partial charge < -0.3 is 24.2 Å². The van der Waals surface area contributed by atoms with E-state index < -0.39 is 64.4 Å². The monoisotopic (exact) mass is 1110 g/mol. The zero-order chi connectivity index (χ0) is 56.9. The topological polar surface area (TPSA) is 155 Å². The van der Waals surface area contributed by atoms with Crippen molar-refractivity contribution in [3.8, 4) is 0 Å². The molecule has 446 valence electrons. The molecule has 0 bridgehead atoms. The second-order valence-corrected chi connectivity index (χ2v) is 21.6. The number of phosphoric ester groups is 1. The highest BCUT2D eigenvalue weighted by Crippen LogP contribution is 2.43. The number of hydrogen-bond acceptors (Lipinski definition) is 10. The molecule has 0 aromatic carbocycles. The van der Waals surface area contributed by atoms with Crippen molar-refractivity contribution < 1.29 is 52.2 Å². The summed E-state index contributed by atoms with van der Waals surface area (Å²) in [7, 11) is -4.78. The number of unbranched alkanes of at least 4 members (excludes halogenated alkanes) is 22. The molecule has 78 heavy (non-hydrogen) atoms. The van der Waals surface area contributed by atoms with Crippen LogP contribution in [0.2, 0.25) is 0 Å². The van der Waals surface area contributed by atoms with Crippen LogP contribution in [0, 0.1) is 0 Å². The Balaban J connectivity index is 4.79. The summed E-state index contributed by atoms with van der Waals surface area (Å²) in [4.78, 5) is 48.6. The van der Waals surface area contributed by atoms with Crippen molar-refractivity contribution in [2.24, 2.45) is 0 Å². The molecule has 12 heteroatoms. The van der Waals surface area contributed by atoms with Gasteiger partial charge in [0.15, 0.2) is 6.10 Å². The molecule has 0 aliphatic rings. The summed E-state index contributed by atoms with van der Waals surface area (Å²) in [5.41, 5.74) is 0. The van der Waals surface area contributed by atoms with Crippen LogP contribution in [0.15, 0.2) is 109 Å². The van der Waals surface area contributed by atoms with Crippen LogP contribution in [-0.2, 0) is 42.2 Å². The minimum atomic E-state index is -4.78. The van der Waals surface area contributed by atoms with E-state index in [0.717, 1.165) is 103 Å².